The van der Waals surface area contributed by atoms with Crippen molar-refractivity contribution in [2.24, 2.45) is 5.73 Å². The molecule has 0 radical (unpaired) electrons. The van der Waals surface area contributed by atoms with E-state index in [1.165, 1.54) is 16.8 Å². The number of halogens is 1. The van der Waals surface area contributed by atoms with Crippen LogP contribution in [0.4, 0.5) is 0 Å². The minimum atomic E-state index is 0. The van der Waals surface area contributed by atoms with Gasteiger partial charge in [-0.05, 0) is 49.2 Å². The molecular weight excluding hydrogens is 290 g/mol. The normalized spacial score (nSPS) is 17.4. The maximum atomic E-state index is 5.68. The Hall–Kier alpha value is -1.10. The number of aromatic amines is 1. The highest BCUT2D eigenvalue weighted by Gasteiger charge is 2.21. The fourth-order valence-corrected chi connectivity index (χ4v) is 3.38. The molecule has 0 bridgehead atoms. The Labute approximate surface area is 130 Å². The molecule has 0 spiro atoms. The van der Waals surface area contributed by atoms with Crippen LogP contribution in [0.15, 0.2) is 30.5 Å². The van der Waals surface area contributed by atoms with Crippen molar-refractivity contribution in [3.8, 4) is 0 Å². The average Bonchev–Trinajstić information content (AvgIpc) is 2.80. The number of nitrogens with two attached hydrogens (primary N) is 1. The molecule has 0 amide bonds. The Balaban J connectivity index is 0.00000147. The number of aryl methyl sites for hydroxylation is 1. The molecule has 1 heterocycles. The van der Waals surface area contributed by atoms with Crippen LogP contribution in [0, 0.1) is 4.77 Å². The van der Waals surface area contributed by atoms with Crippen molar-refractivity contribution in [1.29, 1.82) is 0 Å². The fourth-order valence-electron chi connectivity index (χ4n) is 3.05. The molecule has 0 saturated carbocycles. The molecule has 20 heavy (non-hydrogen) atoms. The largest absolute Gasteiger partial charge is 0.337 e. The number of imidazole rings is 1. The highest BCUT2D eigenvalue weighted by Crippen LogP contribution is 2.30. The van der Waals surface area contributed by atoms with Gasteiger partial charge in [0.1, 0.15) is 0 Å². The molecule has 1 aromatic carbocycles. The van der Waals surface area contributed by atoms with Crippen LogP contribution >= 0.6 is 24.6 Å². The third-order valence-corrected chi connectivity index (χ3v) is 4.29. The smallest absolute Gasteiger partial charge is 0.177 e. The lowest BCUT2D eigenvalue weighted by atomic mass is 9.88. The number of hydrogen-bond donors (Lipinski definition) is 2. The van der Waals surface area contributed by atoms with Gasteiger partial charge in [0.15, 0.2) is 4.77 Å². The number of hydrogen-bond acceptors (Lipinski definition) is 2. The van der Waals surface area contributed by atoms with Gasteiger partial charge in [-0.2, -0.15) is 0 Å². The van der Waals surface area contributed by atoms with E-state index in [2.05, 4.69) is 33.8 Å². The molecule has 1 atom stereocenters. The number of nitrogens with one attached hydrogen (secondary N) is 1. The fraction of sp³-hybridized carbons (Fsp3) is 0.400. The first-order chi connectivity index (χ1) is 9.29. The number of nitrogens with zero attached hydrogens (tertiary/aromatic N) is 1. The summed E-state index contributed by atoms with van der Waals surface area (Å²) in [5, 5.41) is 0. The quantitative estimate of drug-likeness (QED) is 0.855. The van der Waals surface area contributed by atoms with Crippen molar-refractivity contribution in [1.82, 2.24) is 9.55 Å². The molecule has 1 aliphatic carbocycles. The monoisotopic (exact) mass is 309 g/mol. The van der Waals surface area contributed by atoms with Crippen LogP contribution in [0.3, 0.4) is 0 Å². The number of H-pyrrole nitrogens is 1. The summed E-state index contributed by atoms with van der Waals surface area (Å²) in [6.45, 7) is 0.663. The maximum absolute atomic E-state index is 5.68. The molecular formula is C15H20ClN3S. The van der Waals surface area contributed by atoms with Gasteiger partial charge < -0.3 is 15.3 Å². The van der Waals surface area contributed by atoms with Crippen molar-refractivity contribution < 1.29 is 0 Å². The van der Waals surface area contributed by atoms with Gasteiger partial charge in [-0.25, -0.2) is 0 Å². The van der Waals surface area contributed by atoms with Gasteiger partial charge in [0.2, 0.25) is 0 Å². The maximum Gasteiger partial charge on any atom is 0.177 e. The topological polar surface area (TPSA) is 46.7 Å². The molecule has 3 nitrogen and oxygen atoms in total. The van der Waals surface area contributed by atoms with E-state index in [1.807, 2.05) is 6.20 Å². The summed E-state index contributed by atoms with van der Waals surface area (Å²) in [6.07, 6.45) is 6.25. The first kappa shape index (κ1) is 15.3. The van der Waals surface area contributed by atoms with Crippen LogP contribution in [0.1, 0.15) is 29.3 Å². The lowest BCUT2D eigenvalue weighted by Crippen LogP contribution is -2.21. The SMILES string of the molecule is Cl.NCCc1c[nH]c(=S)n1C1CCc2ccccc2C1. The highest BCUT2D eigenvalue weighted by molar-refractivity contribution is 7.71. The molecule has 0 fully saturated rings. The summed E-state index contributed by atoms with van der Waals surface area (Å²) in [7, 11) is 0. The number of rotatable bonds is 3. The number of benzene rings is 1. The Morgan fingerprint density at radius 1 is 1.30 bits per heavy atom. The second kappa shape index (κ2) is 6.57. The predicted octanol–water partition coefficient (Wildman–Crippen LogP) is 3.20. The van der Waals surface area contributed by atoms with Gasteiger partial charge in [0.05, 0.1) is 0 Å². The summed E-state index contributed by atoms with van der Waals surface area (Å²) >= 11 is 5.43. The van der Waals surface area contributed by atoms with E-state index in [-0.39, 0.29) is 12.4 Å². The van der Waals surface area contributed by atoms with Crippen LogP contribution in [0.25, 0.3) is 0 Å². The van der Waals surface area contributed by atoms with Crippen LogP contribution < -0.4 is 5.73 Å². The Morgan fingerprint density at radius 3 is 2.80 bits per heavy atom. The van der Waals surface area contributed by atoms with E-state index < -0.39 is 0 Å². The third-order valence-electron chi connectivity index (χ3n) is 3.98. The van der Waals surface area contributed by atoms with Crippen molar-refractivity contribution in [3.63, 3.8) is 0 Å². The molecule has 108 valence electrons. The summed E-state index contributed by atoms with van der Waals surface area (Å²) < 4.78 is 3.10. The summed E-state index contributed by atoms with van der Waals surface area (Å²) in [5.74, 6) is 0. The molecule has 0 aliphatic heterocycles. The van der Waals surface area contributed by atoms with E-state index in [0.717, 1.165) is 30.5 Å². The molecule has 2 aromatic rings. The Morgan fingerprint density at radius 2 is 2.05 bits per heavy atom. The predicted molar refractivity (Wildman–Crippen MR) is 87.1 cm³/mol. The van der Waals surface area contributed by atoms with Gasteiger partial charge in [-0.3, -0.25) is 0 Å². The lowest BCUT2D eigenvalue weighted by molar-refractivity contribution is 0.427. The molecule has 3 rings (SSSR count). The van der Waals surface area contributed by atoms with E-state index >= 15 is 0 Å². The third kappa shape index (κ3) is 2.82. The van der Waals surface area contributed by atoms with Crippen LogP contribution in [-0.2, 0) is 19.3 Å². The molecule has 3 N–H and O–H groups in total. The van der Waals surface area contributed by atoms with Crippen LogP contribution in [-0.4, -0.2) is 16.1 Å². The summed E-state index contributed by atoms with van der Waals surface area (Å²) in [5.41, 5.74) is 9.86. The Kier molecular flexibility index (Phi) is 5.02. The van der Waals surface area contributed by atoms with Gasteiger partial charge in [-0.15, -0.1) is 12.4 Å². The van der Waals surface area contributed by atoms with Crippen LogP contribution in [0.2, 0.25) is 0 Å². The minimum Gasteiger partial charge on any atom is -0.337 e. The molecule has 1 unspecified atom stereocenters. The second-order valence-corrected chi connectivity index (χ2v) is 5.55. The average molecular weight is 310 g/mol. The summed E-state index contributed by atoms with van der Waals surface area (Å²) in [6, 6.07) is 9.19. The van der Waals surface area contributed by atoms with E-state index in [9.17, 15) is 0 Å². The zero-order valence-electron chi connectivity index (χ0n) is 11.3. The zero-order valence-corrected chi connectivity index (χ0v) is 13.0. The van der Waals surface area contributed by atoms with Crippen molar-refractivity contribution in [2.45, 2.75) is 31.7 Å². The van der Waals surface area contributed by atoms with Gasteiger partial charge in [0.25, 0.3) is 0 Å². The van der Waals surface area contributed by atoms with E-state index in [4.69, 9.17) is 18.0 Å². The van der Waals surface area contributed by atoms with Crippen molar-refractivity contribution >= 4 is 24.6 Å². The minimum absolute atomic E-state index is 0. The molecule has 5 heteroatoms. The second-order valence-electron chi connectivity index (χ2n) is 5.16. The Bertz CT molecular complexity index is 632. The van der Waals surface area contributed by atoms with E-state index in [0.29, 0.717) is 12.6 Å². The van der Waals surface area contributed by atoms with Gasteiger partial charge in [-0.1, -0.05) is 24.3 Å². The molecule has 0 saturated heterocycles. The lowest BCUT2D eigenvalue weighted by Gasteiger charge is -2.27. The van der Waals surface area contributed by atoms with E-state index in [1.54, 1.807) is 0 Å². The number of fused-ring (bicyclic) bond motifs is 1. The standard InChI is InChI=1S/C15H19N3S.ClH/c16-8-7-14-10-17-15(19)18(14)13-6-5-11-3-1-2-4-12(11)9-13;/h1-4,10,13H,5-9,16H2,(H,17,19);1H. The highest BCUT2D eigenvalue weighted by atomic mass is 35.5. The summed E-state index contributed by atoms with van der Waals surface area (Å²) in [4.78, 5) is 3.17. The van der Waals surface area contributed by atoms with Crippen molar-refractivity contribution in [2.75, 3.05) is 6.54 Å². The first-order valence-corrected chi connectivity index (χ1v) is 7.26. The molecule has 1 aliphatic rings. The first-order valence-electron chi connectivity index (χ1n) is 6.85. The zero-order chi connectivity index (χ0) is 13.2. The van der Waals surface area contributed by atoms with Crippen molar-refractivity contribution in [3.05, 3.63) is 52.1 Å². The molecule has 1 aromatic heterocycles. The number of aromatic nitrogens is 2. The van der Waals surface area contributed by atoms with Gasteiger partial charge in [0, 0.05) is 24.4 Å². The van der Waals surface area contributed by atoms with Crippen LogP contribution in [0.5, 0.6) is 0 Å². The van der Waals surface area contributed by atoms with Gasteiger partial charge >= 0.3 is 0 Å².